The van der Waals surface area contributed by atoms with Crippen LogP contribution >= 0.6 is 11.3 Å². The summed E-state index contributed by atoms with van der Waals surface area (Å²) >= 11 is 1.35. The van der Waals surface area contributed by atoms with Crippen molar-refractivity contribution in [2.24, 2.45) is 10.4 Å². The highest BCUT2D eigenvalue weighted by molar-refractivity contribution is 7.20. The molecule has 1 aliphatic rings. The fourth-order valence-corrected chi connectivity index (χ4v) is 5.07. The first-order chi connectivity index (χ1) is 15.3. The summed E-state index contributed by atoms with van der Waals surface area (Å²) in [6, 6.07) is 0. The van der Waals surface area contributed by atoms with Gasteiger partial charge in [-0.2, -0.15) is 0 Å². The van der Waals surface area contributed by atoms with E-state index in [1.165, 1.54) is 15.9 Å². The molecule has 1 fully saturated rings. The van der Waals surface area contributed by atoms with Gasteiger partial charge < -0.3 is 9.47 Å². The smallest absolute Gasteiger partial charge is 0.332 e. The third-order valence-corrected chi connectivity index (χ3v) is 6.47. The number of hydrogen-bond donors (Lipinski definition) is 0. The highest BCUT2D eigenvalue weighted by atomic mass is 32.1. The number of esters is 1. The van der Waals surface area contributed by atoms with Gasteiger partial charge in [0.1, 0.15) is 17.0 Å². The number of carbonyl (C=O) groups excluding carboxylic acids is 1. The lowest BCUT2D eigenvalue weighted by molar-refractivity contribution is -0.152. The summed E-state index contributed by atoms with van der Waals surface area (Å²) < 4.78 is 14.1. The minimum atomic E-state index is -0.573. The molecule has 1 aliphatic heterocycles. The molecule has 1 atom stereocenters. The number of aliphatic imine (C=N–C) groups is 1. The third kappa shape index (κ3) is 6.20. The van der Waals surface area contributed by atoms with Crippen molar-refractivity contribution in [3.8, 4) is 0 Å². The molecule has 182 valence electrons. The van der Waals surface area contributed by atoms with E-state index in [9.17, 15) is 14.4 Å². The lowest BCUT2D eigenvalue weighted by atomic mass is 9.97. The molecule has 0 spiro atoms. The van der Waals surface area contributed by atoms with Crippen LogP contribution in [-0.2, 0) is 27.4 Å². The maximum Gasteiger partial charge on any atom is 0.332 e. The van der Waals surface area contributed by atoms with Gasteiger partial charge in [0.2, 0.25) is 0 Å². The minimum absolute atomic E-state index is 0.0434. The second-order valence-electron chi connectivity index (χ2n) is 10.8. The van der Waals surface area contributed by atoms with Crippen LogP contribution in [0.5, 0.6) is 0 Å². The van der Waals surface area contributed by atoms with Crippen molar-refractivity contribution in [1.82, 2.24) is 9.13 Å². The van der Waals surface area contributed by atoms with Gasteiger partial charge in [0.05, 0.1) is 22.9 Å². The van der Waals surface area contributed by atoms with Crippen molar-refractivity contribution in [2.75, 3.05) is 13.2 Å². The standard InChI is InChI=1S/C24H35N3O5S/c1-15-17(11-25-12-18(28)32-24(5,6)7)33-21-19(15)20(29)27(14-23(2,3)4)22(30)26(21)13-16-9-8-10-31-16/h11,16H,8-10,12-14H2,1-7H3. The van der Waals surface area contributed by atoms with Crippen molar-refractivity contribution >= 4 is 33.7 Å². The van der Waals surface area contributed by atoms with Crippen molar-refractivity contribution in [1.29, 1.82) is 0 Å². The van der Waals surface area contributed by atoms with Gasteiger partial charge in [0.25, 0.3) is 5.56 Å². The summed E-state index contributed by atoms with van der Waals surface area (Å²) in [5, 5.41) is 0.528. The summed E-state index contributed by atoms with van der Waals surface area (Å²) in [5.74, 6) is -0.416. The van der Waals surface area contributed by atoms with Gasteiger partial charge in [-0.25, -0.2) is 4.79 Å². The van der Waals surface area contributed by atoms with Crippen LogP contribution in [0, 0.1) is 12.3 Å². The molecule has 3 rings (SSSR count). The molecule has 0 amide bonds. The Kier molecular flexibility index (Phi) is 7.33. The lowest BCUT2D eigenvalue weighted by Gasteiger charge is -2.21. The molecule has 0 aliphatic carbocycles. The van der Waals surface area contributed by atoms with Crippen molar-refractivity contribution < 1.29 is 14.3 Å². The monoisotopic (exact) mass is 477 g/mol. The van der Waals surface area contributed by atoms with E-state index >= 15 is 0 Å². The number of fused-ring (bicyclic) bond motifs is 1. The van der Waals surface area contributed by atoms with E-state index in [0.717, 1.165) is 23.3 Å². The molecule has 2 aromatic rings. The van der Waals surface area contributed by atoms with Crippen LogP contribution in [-0.4, -0.2) is 46.2 Å². The quantitative estimate of drug-likeness (QED) is 0.469. The second kappa shape index (κ2) is 9.54. The van der Waals surface area contributed by atoms with E-state index in [0.29, 0.717) is 29.9 Å². The van der Waals surface area contributed by atoms with E-state index < -0.39 is 11.6 Å². The molecule has 0 radical (unpaired) electrons. The number of aryl methyl sites for hydroxylation is 1. The zero-order chi connectivity index (χ0) is 24.6. The van der Waals surface area contributed by atoms with Gasteiger partial charge in [-0.1, -0.05) is 20.8 Å². The Labute approximate surface area is 198 Å². The number of rotatable bonds is 6. The molecule has 9 heteroatoms. The van der Waals surface area contributed by atoms with Gasteiger partial charge in [-0.05, 0) is 51.5 Å². The van der Waals surface area contributed by atoms with Gasteiger partial charge in [0.15, 0.2) is 0 Å². The zero-order valence-electron chi connectivity index (χ0n) is 20.7. The molecule has 2 aromatic heterocycles. The first-order valence-corrected chi connectivity index (χ1v) is 12.2. The predicted octanol–water partition coefficient (Wildman–Crippen LogP) is 3.52. The molecule has 0 bridgehead atoms. The molecular formula is C24H35N3O5S. The molecule has 1 saturated heterocycles. The number of thiophene rings is 1. The number of ether oxygens (including phenoxy) is 2. The van der Waals surface area contributed by atoms with Crippen LogP contribution < -0.4 is 11.2 Å². The molecule has 33 heavy (non-hydrogen) atoms. The molecule has 3 heterocycles. The van der Waals surface area contributed by atoms with Crippen molar-refractivity contribution in [3.05, 3.63) is 31.3 Å². The van der Waals surface area contributed by atoms with Gasteiger partial charge in [0, 0.05) is 19.4 Å². The molecule has 1 unspecified atom stereocenters. The summed E-state index contributed by atoms with van der Waals surface area (Å²) in [4.78, 5) is 44.4. The molecule has 0 saturated carbocycles. The Hall–Kier alpha value is -2.26. The second-order valence-corrected chi connectivity index (χ2v) is 11.8. The van der Waals surface area contributed by atoms with E-state index in [1.54, 1.807) is 31.6 Å². The lowest BCUT2D eigenvalue weighted by Crippen LogP contribution is -2.43. The van der Waals surface area contributed by atoms with E-state index in [2.05, 4.69) is 4.99 Å². The summed E-state index contributed by atoms with van der Waals surface area (Å²) in [7, 11) is 0. The van der Waals surface area contributed by atoms with Crippen LogP contribution in [0.25, 0.3) is 10.2 Å². The Morgan fingerprint density at radius 1 is 1.21 bits per heavy atom. The molecule has 0 aromatic carbocycles. The van der Waals surface area contributed by atoms with E-state index in [-0.39, 0.29) is 29.3 Å². The first kappa shape index (κ1) is 25.4. The first-order valence-electron chi connectivity index (χ1n) is 11.4. The molecular weight excluding hydrogens is 442 g/mol. The summed E-state index contributed by atoms with van der Waals surface area (Å²) in [6.07, 6.45) is 3.41. The maximum atomic E-state index is 13.4. The average molecular weight is 478 g/mol. The molecule has 8 nitrogen and oxygen atoms in total. The van der Waals surface area contributed by atoms with Crippen molar-refractivity contribution in [2.45, 2.75) is 86.1 Å². The largest absolute Gasteiger partial charge is 0.459 e. The number of carbonyl (C=O) groups is 1. The van der Waals surface area contributed by atoms with Crippen LogP contribution in [0.4, 0.5) is 0 Å². The normalized spacial score (nSPS) is 17.4. The summed E-state index contributed by atoms with van der Waals surface area (Å²) in [6.45, 7) is 14.6. The highest BCUT2D eigenvalue weighted by Gasteiger charge is 2.25. The number of nitrogens with zero attached hydrogens (tertiary/aromatic N) is 3. The Morgan fingerprint density at radius 3 is 2.48 bits per heavy atom. The fraction of sp³-hybridized carbons (Fsp3) is 0.667. The topological polar surface area (TPSA) is 91.9 Å². The van der Waals surface area contributed by atoms with Crippen LogP contribution in [0.15, 0.2) is 14.6 Å². The summed E-state index contributed by atoms with van der Waals surface area (Å²) in [5.41, 5.74) is -0.640. The fourth-order valence-electron chi connectivity index (χ4n) is 3.88. The van der Waals surface area contributed by atoms with Crippen LogP contribution in [0.2, 0.25) is 0 Å². The SMILES string of the molecule is Cc1c(C=NCC(=O)OC(C)(C)C)sc2c1c(=O)n(CC(C)(C)C)c(=O)n2CC1CCCO1. The Morgan fingerprint density at radius 2 is 1.91 bits per heavy atom. The maximum absolute atomic E-state index is 13.4. The molecule has 0 N–H and O–H groups in total. The average Bonchev–Trinajstić information content (AvgIpc) is 3.28. The Bertz CT molecular complexity index is 1170. The van der Waals surface area contributed by atoms with Crippen LogP contribution in [0.3, 0.4) is 0 Å². The number of hydrogen-bond acceptors (Lipinski definition) is 7. The van der Waals surface area contributed by atoms with Gasteiger partial charge in [-0.3, -0.25) is 23.7 Å². The number of aromatic nitrogens is 2. The van der Waals surface area contributed by atoms with E-state index in [1.807, 2.05) is 27.7 Å². The van der Waals surface area contributed by atoms with Crippen molar-refractivity contribution in [3.63, 3.8) is 0 Å². The Balaban J connectivity index is 2.06. The predicted molar refractivity (Wildman–Crippen MR) is 132 cm³/mol. The van der Waals surface area contributed by atoms with E-state index in [4.69, 9.17) is 9.47 Å². The minimum Gasteiger partial charge on any atom is -0.459 e. The highest BCUT2D eigenvalue weighted by Crippen LogP contribution is 2.28. The van der Waals surface area contributed by atoms with Crippen LogP contribution in [0.1, 0.15) is 64.8 Å². The third-order valence-electron chi connectivity index (χ3n) is 5.22. The van der Waals surface area contributed by atoms with Gasteiger partial charge in [-0.15, -0.1) is 11.3 Å². The zero-order valence-corrected chi connectivity index (χ0v) is 21.5. The van der Waals surface area contributed by atoms with Gasteiger partial charge >= 0.3 is 11.7 Å².